The van der Waals surface area contributed by atoms with E-state index < -0.39 is 41.7 Å². The van der Waals surface area contributed by atoms with E-state index in [9.17, 15) is 27.5 Å². The van der Waals surface area contributed by atoms with Crippen molar-refractivity contribution < 1.29 is 41.3 Å². The predicted octanol–water partition coefficient (Wildman–Crippen LogP) is 6.17. The molecular weight excluding hydrogens is 523 g/mol. The molecule has 1 atom stereocenters. The molecule has 1 saturated heterocycles. The number of piperidine rings is 1. The zero-order valence-electron chi connectivity index (χ0n) is 21.4. The van der Waals surface area contributed by atoms with Crippen LogP contribution in [-0.4, -0.2) is 54.3 Å². The van der Waals surface area contributed by atoms with Crippen molar-refractivity contribution in [3.8, 4) is 11.5 Å². The molecule has 6 nitrogen and oxygen atoms in total. The molecule has 0 amide bonds. The first-order valence-electron chi connectivity index (χ1n) is 12.6. The zero-order chi connectivity index (χ0) is 28.2. The van der Waals surface area contributed by atoms with Gasteiger partial charge < -0.3 is 14.6 Å². The van der Waals surface area contributed by atoms with Gasteiger partial charge in [-0.2, -0.15) is 0 Å². The van der Waals surface area contributed by atoms with Crippen LogP contribution in [0.2, 0.25) is 0 Å². The average molecular weight is 553 g/mol. The highest BCUT2D eigenvalue weighted by molar-refractivity contribution is 5.85. The maximum atomic E-state index is 15.7. The average Bonchev–Trinajstić information content (AvgIpc) is 2.94. The molecule has 39 heavy (non-hydrogen) atoms. The van der Waals surface area contributed by atoms with Crippen molar-refractivity contribution in [2.45, 2.75) is 38.5 Å². The van der Waals surface area contributed by atoms with E-state index in [-0.39, 0.29) is 49.2 Å². The molecular formula is C28H29F5N2O4. The summed E-state index contributed by atoms with van der Waals surface area (Å²) in [6.07, 6.45) is 0.166. The van der Waals surface area contributed by atoms with Crippen LogP contribution in [0.25, 0.3) is 10.9 Å². The number of nitrogens with zero attached hydrogens (tertiary/aromatic N) is 2. The Morgan fingerprint density at radius 3 is 2.44 bits per heavy atom. The van der Waals surface area contributed by atoms with Crippen LogP contribution < -0.4 is 9.47 Å². The Morgan fingerprint density at radius 2 is 1.82 bits per heavy atom. The first kappa shape index (κ1) is 28.5. The van der Waals surface area contributed by atoms with E-state index >= 15 is 4.39 Å². The van der Waals surface area contributed by atoms with E-state index in [1.807, 2.05) is 4.90 Å². The van der Waals surface area contributed by atoms with Crippen LogP contribution in [0.3, 0.4) is 0 Å². The van der Waals surface area contributed by atoms with Crippen LogP contribution in [0.4, 0.5) is 22.0 Å². The molecule has 0 saturated carbocycles. The summed E-state index contributed by atoms with van der Waals surface area (Å²) in [7, 11) is 1.47. The number of hydrogen-bond acceptors (Lipinski definition) is 5. The number of rotatable bonds is 11. The number of halogens is 5. The molecule has 1 aliphatic rings. The van der Waals surface area contributed by atoms with Gasteiger partial charge in [0, 0.05) is 41.4 Å². The maximum Gasteiger partial charge on any atom is 0.309 e. The third-order valence-electron chi connectivity index (χ3n) is 7.43. The number of likely N-dealkylation sites (tertiary alicyclic amines) is 1. The molecule has 2 heterocycles. The number of pyridine rings is 1. The molecule has 0 aliphatic carbocycles. The Morgan fingerprint density at radius 1 is 1.13 bits per heavy atom. The molecule has 2 aromatic carbocycles. The van der Waals surface area contributed by atoms with Gasteiger partial charge in [-0.3, -0.25) is 14.7 Å². The fourth-order valence-corrected chi connectivity index (χ4v) is 5.07. The van der Waals surface area contributed by atoms with E-state index in [1.54, 1.807) is 18.2 Å². The van der Waals surface area contributed by atoms with Crippen molar-refractivity contribution in [3.63, 3.8) is 0 Å². The smallest absolute Gasteiger partial charge is 0.309 e. The minimum Gasteiger partial charge on any atom is -0.497 e. The molecule has 1 N–H and O–H groups in total. The standard InChI is InChI=1S/C28H29F5N2O4/c1-38-18-2-3-24-20(12-18)25(17(15-29)16-34-24)21(30)4-5-28(27(36)37)6-8-35(9-7-28)10-11-39-19-13-22(31)26(33)23(32)14-19/h2-3,12-14,16,21H,4-11,15H2,1H3,(H,36,37). The summed E-state index contributed by atoms with van der Waals surface area (Å²) in [5, 5.41) is 10.5. The van der Waals surface area contributed by atoms with Crippen LogP contribution in [-0.2, 0) is 11.5 Å². The van der Waals surface area contributed by atoms with Crippen molar-refractivity contribution in [1.29, 1.82) is 0 Å². The molecule has 1 unspecified atom stereocenters. The Hall–Kier alpha value is -3.47. The van der Waals surface area contributed by atoms with Crippen LogP contribution in [0.15, 0.2) is 36.5 Å². The number of methoxy groups -OCH3 is 1. The normalized spacial score (nSPS) is 16.3. The fraction of sp³-hybridized carbons (Fsp3) is 0.429. The van der Waals surface area contributed by atoms with Gasteiger partial charge in [-0.15, -0.1) is 0 Å². The summed E-state index contributed by atoms with van der Waals surface area (Å²) in [6, 6.07) is 6.46. The monoisotopic (exact) mass is 552 g/mol. The van der Waals surface area contributed by atoms with E-state index in [1.165, 1.54) is 13.3 Å². The summed E-state index contributed by atoms with van der Waals surface area (Å²) < 4.78 is 79.8. The van der Waals surface area contributed by atoms with E-state index in [0.717, 1.165) is 12.1 Å². The Kier molecular flexibility index (Phi) is 8.89. The van der Waals surface area contributed by atoms with Gasteiger partial charge in [0.25, 0.3) is 0 Å². The summed E-state index contributed by atoms with van der Waals surface area (Å²) in [4.78, 5) is 18.4. The lowest BCUT2D eigenvalue weighted by Gasteiger charge is -2.39. The molecule has 210 valence electrons. The molecule has 0 spiro atoms. The Bertz CT molecular complexity index is 1300. The van der Waals surface area contributed by atoms with Crippen molar-refractivity contribution in [2.24, 2.45) is 5.41 Å². The second kappa shape index (κ2) is 12.1. The lowest BCUT2D eigenvalue weighted by Crippen LogP contribution is -2.45. The van der Waals surface area contributed by atoms with Crippen molar-refractivity contribution in [2.75, 3.05) is 33.4 Å². The fourth-order valence-electron chi connectivity index (χ4n) is 5.07. The number of alkyl halides is 2. The highest BCUT2D eigenvalue weighted by Gasteiger charge is 2.42. The highest BCUT2D eigenvalue weighted by Crippen LogP contribution is 2.41. The topological polar surface area (TPSA) is 71.9 Å². The number of carboxylic acids is 1. The summed E-state index contributed by atoms with van der Waals surface area (Å²) in [5.41, 5.74) is -0.393. The van der Waals surface area contributed by atoms with E-state index in [2.05, 4.69) is 4.98 Å². The largest absolute Gasteiger partial charge is 0.497 e. The van der Waals surface area contributed by atoms with Gasteiger partial charge in [-0.25, -0.2) is 22.0 Å². The SMILES string of the molecule is COc1ccc2ncc(CF)c(C(F)CCC3(C(=O)O)CCN(CCOc4cc(F)c(F)c(F)c4)CC3)c2c1. The van der Waals surface area contributed by atoms with E-state index in [0.29, 0.717) is 36.3 Å². The van der Waals surface area contributed by atoms with Gasteiger partial charge in [0.1, 0.15) is 31.0 Å². The quantitative estimate of drug-likeness (QED) is 0.227. The summed E-state index contributed by atoms with van der Waals surface area (Å²) in [5.74, 6) is -4.96. The van der Waals surface area contributed by atoms with Gasteiger partial charge in [0.15, 0.2) is 17.5 Å². The van der Waals surface area contributed by atoms with Gasteiger partial charge in [0.05, 0.1) is 18.0 Å². The molecule has 4 rings (SSSR count). The van der Waals surface area contributed by atoms with Gasteiger partial charge >= 0.3 is 5.97 Å². The summed E-state index contributed by atoms with van der Waals surface area (Å²) in [6.45, 7) is 0.288. The van der Waals surface area contributed by atoms with Gasteiger partial charge in [-0.05, 0) is 57.0 Å². The minimum absolute atomic E-state index is 0.0570. The third-order valence-corrected chi connectivity index (χ3v) is 7.43. The zero-order valence-corrected chi connectivity index (χ0v) is 21.4. The summed E-state index contributed by atoms with van der Waals surface area (Å²) >= 11 is 0. The molecule has 1 fully saturated rings. The Balaban J connectivity index is 1.38. The maximum absolute atomic E-state index is 15.7. The molecule has 1 aliphatic heterocycles. The lowest BCUT2D eigenvalue weighted by molar-refractivity contribution is -0.153. The minimum atomic E-state index is -1.60. The number of ether oxygens (including phenoxy) is 2. The molecule has 0 radical (unpaired) electrons. The predicted molar refractivity (Wildman–Crippen MR) is 134 cm³/mol. The van der Waals surface area contributed by atoms with Crippen LogP contribution >= 0.6 is 0 Å². The molecule has 0 bridgehead atoms. The number of aromatic nitrogens is 1. The molecule has 11 heteroatoms. The van der Waals surface area contributed by atoms with Crippen LogP contribution in [0.1, 0.15) is 43.0 Å². The molecule has 3 aromatic rings. The lowest BCUT2D eigenvalue weighted by atomic mass is 9.74. The van der Waals surface area contributed by atoms with Crippen molar-refractivity contribution >= 4 is 16.9 Å². The first-order chi connectivity index (χ1) is 18.7. The second-order valence-corrected chi connectivity index (χ2v) is 9.70. The van der Waals surface area contributed by atoms with Crippen molar-refractivity contribution in [3.05, 3.63) is 65.1 Å². The number of fused-ring (bicyclic) bond motifs is 1. The van der Waals surface area contributed by atoms with Gasteiger partial charge in [-0.1, -0.05) is 0 Å². The highest BCUT2D eigenvalue weighted by atomic mass is 19.2. The van der Waals surface area contributed by atoms with Crippen LogP contribution in [0.5, 0.6) is 11.5 Å². The molecule has 1 aromatic heterocycles. The number of carbonyl (C=O) groups is 1. The second-order valence-electron chi connectivity index (χ2n) is 9.70. The first-order valence-corrected chi connectivity index (χ1v) is 12.6. The number of benzene rings is 2. The third kappa shape index (κ3) is 6.24. The number of hydrogen-bond donors (Lipinski definition) is 1. The van der Waals surface area contributed by atoms with Crippen molar-refractivity contribution in [1.82, 2.24) is 9.88 Å². The Labute approximate surface area is 222 Å². The van der Waals surface area contributed by atoms with E-state index in [4.69, 9.17) is 9.47 Å². The van der Waals surface area contributed by atoms with Gasteiger partial charge in [0.2, 0.25) is 0 Å². The number of aliphatic carboxylic acids is 1. The number of carboxylic acid groups (broad SMARTS) is 1. The van der Waals surface area contributed by atoms with Crippen LogP contribution in [0, 0.1) is 22.9 Å².